The number of ether oxygens (including phenoxy) is 2. The molecule has 0 fully saturated rings. The Hall–Kier alpha value is -2.07. The number of methoxy groups -OCH3 is 1. The summed E-state index contributed by atoms with van der Waals surface area (Å²) >= 11 is 3.38. The number of hydrogen-bond donors (Lipinski definition) is 0. The molecule has 0 saturated heterocycles. The van der Waals surface area contributed by atoms with Crippen molar-refractivity contribution in [1.82, 2.24) is 0 Å². The van der Waals surface area contributed by atoms with Crippen molar-refractivity contribution in [2.75, 3.05) is 7.11 Å². The molecule has 0 aliphatic rings. The van der Waals surface area contributed by atoms with Crippen molar-refractivity contribution in [2.45, 2.75) is 0 Å². The van der Waals surface area contributed by atoms with Crippen molar-refractivity contribution in [2.24, 2.45) is 0 Å². The predicted molar refractivity (Wildman–Crippen MR) is 81.8 cm³/mol. The zero-order valence-electron chi connectivity index (χ0n) is 10.9. The maximum Gasteiger partial charge on any atom is 0.336 e. The van der Waals surface area contributed by atoms with Crippen molar-refractivity contribution in [3.8, 4) is 11.5 Å². The molecule has 4 heteroatoms. The molecule has 0 heterocycles. The van der Waals surface area contributed by atoms with Gasteiger partial charge in [-0.1, -0.05) is 40.2 Å². The van der Waals surface area contributed by atoms with E-state index in [1.165, 1.54) is 13.2 Å². The van der Waals surface area contributed by atoms with E-state index >= 15 is 0 Å². The molecule has 0 radical (unpaired) electrons. The van der Waals surface area contributed by atoms with Gasteiger partial charge in [-0.3, -0.25) is 0 Å². The SMILES string of the molecule is COc1ccccc1OC(=O)C=Cc1cccc(Br)c1. The highest BCUT2D eigenvalue weighted by molar-refractivity contribution is 9.10. The third-order valence-corrected chi connectivity index (χ3v) is 3.03. The molecule has 2 aromatic rings. The Morgan fingerprint density at radius 3 is 2.55 bits per heavy atom. The fourth-order valence-corrected chi connectivity index (χ4v) is 2.04. The van der Waals surface area contributed by atoms with Gasteiger partial charge in [0.2, 0.25) is 0 Å². The Morgan fingerprint density at radius 1 is 1.10 bits per heavy atom. The molecular weight excluding hydrogens is 320 g/mol. The summed E-state index contributed by atoms with van der Waals surface area (Å²) in [6.45, 7) is 0. The smallest absolute Gasteiger partial charge is 0.336 e. The van der Waals surface area contributed by atoms with Crippen LogP contribution < -0.4 is 9.47 Å². The molecule has 0 aliphatic carbocycles. The van der Waals surface area contributed by atoms with Gasteiger partial charge in [0.1, 0.15) is 0 Å². The van der Waals surface area contributed by atoms with Gasteiger partial charge in [0, 0.05) is 10.5 Å². The molecule has 2 aromatic carbocycles. The standard InChI is InChI=1S/C16H13BrO3/c1-19-14-7-2-3-8-15(14)20-16(18)10-9-12-5-4-6-13(17)11-12/h2-11H,1H3. The molecule has 0 aromatic heterocycles. The van der Waals surface area contributed by atoms with Crippen LogP contribution in [0.5, 0.6) is 11.5 Å². The summed E-state index contributed by atoms with van der Waals surface area (Å²) < 4.78 is 11.3. The van der Waals surface area contributed by atoms with Crippen molar-refractivity contribution in [3.63, 3.8) is 0 Å². The van der Waals surface area contributed by atoms with Crippen LogP contribution in [0.3, 0.4) is 0 Å². The largest absolute Gasteiger partial charge is 0.493 e. The lowest BCUT2D eigenvalue weighted by molar-refractivity contribution is -0.129. The van der Waals surface area contributed by atoms with Gasteiger partial charge < -0.3 is 9.47 Å². The molecule has 0 aliphatic heterocycles. The van der Waals surface area contributed by atoms with E-state index in [-0.39, 0.29) is 0 Å². The molecular formula is C16H13BrO3. The molecule has 102 valence electrons. The summed E-state index contributed by atoms with van der Waals surface area (Å²) in [4.78, 5) is 11.8. The summed E-state index contributed by atoms with van der Waals surface area (Å²) in [5.41, 5.74) is 0.913. The van der Waals surface area contributed by atoms with Crippen LogP contribution in [-0.4, -0.2) is 13.1 Å². The van der Waals surface area contributed by atoms with Gasteiger partial charge in [0.25, 0.3) is 0 Å². The van der Waals surface area contributed by atoms with Crippen LogP contribution in [0.15, 0.2) is 59.1 Å². The van der Waals surface area contributed by atoms with Gasteiger partial charge in [0.15, 0.2) is 11.5 Å². The average molecular weight is 333 g/mol. The van der Waals surface area contributed by atoms with Crippen LogP contribution in [0.2, 0.25) is 0 Å². The van der Waals surface area contributed by atoms with Gasteiger partial charge in [-0.25, -0.2) is 4.79 Å². The lowest BCUT2D eigenvalue weighted by atomic mass is 10.2. The fourth-order valence-electron chi connectivity index (χ4n) is 1.62. The molecule has 0 saturated carbocycles. The van der Waals surface area contributed by atoms with E-state index in [2.05, 4.69) is 15.9 Å². The summed E-state index contributed by atoms with van der Waals surface area (Å²) in [6, 6.07) is 14.6. The molecule has 3 nitrogen and oxygen atoms in total. The van der Waals surface area contributed by atoms with E-state index in [9.17, 15) is 4.79 Å². The number of rotatable bonds is 4. The van der Waals surface area contributed by atoms with Crippen LogP contribution in [0.4, 0.5) is 0 Å². The number of carbonyl (C=O) groups excluding carboxylic acids is 1. The highest BCUT2D eigenvalue weighted by Crippen LogP contribution is 2.25. The summed E-state index contributed by atoms with van der Waals surface area (Å²) in [7, 11) is 1.53. The topological polar surface area (TPSA) is 35.5 Å². The van der Waals surface area contributed by atoms with Crippen LogP contribution in [-0.2, 0) is 4.79 Å². The van der Waals surface area contributed by atoms with Gasteiger partial charge in [-0.2, -0.15) is 0 Å². The van der Waals surface area contributed by atoms with E-state index in [4.69, 9.17) is 9.47 Å². The fraction of sp³-hybridized carbons (Fsp3) is 0.0625. The van der Waals surface area contributed by atoms with E-state index in [0.717, 1.165) is 10.0 Å². The maximum atomic E-state index is 11.8. The highest BCUT2D eigenvalue weighted by atomic mass is 79.9. The minimum atomic E-state index is -0.450. The van der Waals surface area contributed by atoms with E-state index in [1.807, 2.05) is 30.3 Å². The predicted octanol–water partition coefficient (Wildman–Crippen LogP) is 4.08. The van der Waals surface area contributed by atoms with Crippen molar-refractivity contribution >= 4 is 28.0 Å². The van der Waals surface area contributed by atoms with Gasteiger partial charge in [-0.05, 0) is 35.9 Å². The van der Waals surface area contributed by atoms with E-state index < -0.39 is 5.97 Å². The third-order valence-electron chi connectivity index (χ3n) is 2.54. The quantitative estimate of drug-likeness (QED) is 0.481. The highest BCUT2D eigenvalue weighted by Gasteiger charge is 2.06. The number of carbonyl (C=O) groups is 1. The number of para-hydroxylation sites is 2. The number of hydrogen-bond acceptors (Lipinski definition) is 3. The minimum absolute atomic E-state index is 0.402. The molecule has 20 heavy (non-hydrogen) atoms. The van der Waals surface area contributed by atoms with Crippen molar-refractivity contribution in [1.29, 1.82) is 0 Å². The minimum Gasteiger partial charge on any atom is -0.493 e. The zero-order valence-corrected chi connectivity index (χ0v) is 12.5. The first-order valence-corrected chi connectivity index (χ1v) is 6.77. The molecule has 2 rings (SSSR count). The van der Waals surface area contributed by atoms with Crippen molar-refractivity contribution in [3.05, 3.63) is 64.6 Å². The van der Waals surface area contributed by atoms with Crippen LogP contribution in [0.25, 0.3) is 6.08 Å². The second kappa shape index (κ2) is 6.91. The molecule has 0 bridgehead atoms. The summed E-state index contributed by atoms with van der Waals surface area (Å²) in [5, 5.41) is 0. The molecule has 0 atom stereocenters. The first-order valence-electron chi connectivity index (χ1n) is 5.97. The second-order valence-electron chi connectivity index (χ2n) is 3.96. The molecule has 0 N–H and O–H groups in total. The lowest BCUT2D eigenvalue weighted by Gasteiger charge is -2.06. The van der Waals surface area contributed by atoms with Crippen LogP contribution in [0.1, 0.15) is 5.56 Å². The van der Waals surface area contributed by atoms with Crippen LogP contribution in [0, 0.1) is 0 Å². The Kier molecular flexibility index (Phi) is 4.96. The Balaban J connectivity index is 2.06. The average Bonchev–Trinajstić information content (AvgIpc) is 2.46. The monoisotopic (exact) mass is 332 g/mol. The number of halogens is 1. The Morgan fingerprint density at radius 2 is 1.85 bits per heavy atom. The zero-order chi connectivity index (χ0) is 14.4. The van der Waals surface area contributed by atoms with E-state index in [1.54, 1.807) is 24.3 Å². The van der Waals surface area contributed by atoms with Crippen molar-refractivity contribution < 1.29 is 14.3 Å². The number of benzene rings is 2. The normalized spacial score (nSPS) is 10.5. The number of esters is 1. The first kappa shape index (κ1) is 14.3. The Bertz CT molecular complexity index is 635. The summed E-state index contributed by atoms with van der Waals surface area (Å²) in [5.74, 6) is 0.477. The second-order valence-corrected chi connectivity index (χ2v) is 4.88. The summed E-state index contributed by atoms with van der Waals surface area (Å²) in [6.07, 6.45) is 3.08. The first-order chi connectivity index (χ1) is 9.69. The van der Waals surface area contributed by atoms with E-state index in [0.29, 0.717) is 11.5 Å². The Labute approximate surface area is 126 Å². The molecule has 0 spiro atoms. The van der Waals surface area contributed by atoms with Gasteiger partial charge >= 0.3 is 5.97 Å². The molecule has 0 unspecified atom stereocenters. The lowest BCUT2D eigenvalue weighted by Crippen LogP contribution is -2.04. The maximum absolute atomic E-state index is 11.8. The van der Waals surface area contributed by atoms with Gasteiger partial charge in [0.05, 0.1) is 7.11 Å². The van der Waals surface area contributed by atoms with Gasteiger partial charge in [-0.15, -0.1) is 0 Å². The molecule has 0 amide bonds. The third kappa shape index (κ3) is 3.96. The van der Waals surface area contributed by atoms with Crippen LogP contribution >= 0.6 is 15.9 Å².